The molecule has 0 atom stereocenters. The van der Waals surface area contributed by atoms with Gasteiger partial charge < -0.3 is 11.5 Å². The first-order valence-corrected chi connectivity index (χ1v) is 8.27. The fraction of sp³-hybridized carbons (Fsp3) is 0.571. The SMILES string of the molecule is [NH3+]CCSc1sc(=S)sc1SCC[NH3+]. The minimum Gasteiger partial charge on any atom is -0.357 e. The molecule has 80 valence electrons. The van der Waals surface area contributed by atoms with E-state index >= 15 is 0 Å². The topological polar surface area (TPSA) is 55.3 Å². The summed E-state index contributed by atoms with van der Waals surface area (Å²) in [5.74, 6) is 2.17. The number of thioether (sulfide) groups is 2. The summed E-state index contributed by atoms with van der Waals surface area (Å²) in [6, 6.07) is 0. The second kappa shape index (κ2) is 7.21. The van der Waals surface area contributed by atoms with E-state index in [0.717, 1.165) is 27.7 Å². The van der Waals surface area contributed by atoms with Gasteiger partial charge in [-0.25, -0.2) is 0 Å². The highest BCUT2D eigenvalue weighted by atomic mass is 32.2. The molecule has 0 spiro atoms. The second-order valence-electron chi connectivity index (χ2n) is 2.43. The molecule has 0 aliphatic rings. The zero-order valence-corrected chi connectivity index (χ0v) is 11.9. The van der Waals surface area contributed by atoms with Crippen LogP contribution in [0.25, 0.3) is 0 Å². The average Bonchev–Trinajstić information content (AvgIpc) is 2.52. The maximum atomic E-state index is 5.20. The van der Waals surface area contributed by atoms with Crippen LogP contribution in [0.4, 0.5) is 0 Å². The molecule has 0 unspecified atom stereocenters. The van der Waals surface area contributed by atoms with Crippen LogP contribution in [0.1, 0.15) is 0 Å². The van der Waals surface area contributed by atoms with E-state index in [-0.39, 0.29) is 0 Å². The first-order chi connectivity index (χ1) is 6.77. The Kier molecular flexibility index (Phi) is 6.67. The van der Waals surface area contributed by atoms with E-state index in [1.165, 1.54) is 8.42 Å². The normalized spacial score (nSPS) is 10.7. The van der Waals surface area contributed by atoms with Gasteiger partial charge in [-0.3, -0.25) is 0 Å². The molecule has 6 N–H and O–H groups in total. The average molecular weight is 287 g/mol. The molecule has 0 aliphatic heterocycles. The lowest BCUT2D eigenvalue weighted by Crippen LogP contribution is -2.51. The summed E-state index contributed by atoms with van der Waals surface area (Å²) in [4.78, 5) is 0. The molecule has 0 saturated carbocycles. The Morgan fingerprint density at radius 3 is 1.79 bits per heavy atom. The predicted molar refractivity (Wildman–Crippen MR) is 70.0 cm³/mol. The van der Waals surface area contributed by atoms with Gasteiger partial charge in [-0.15, -0.1) is 46.2 Å². The molecule has 2 nitrogen and oxygen atoms in total. The molecule has 14 heavy (non-hydrogen) atoms. The molecule has 0 bridgehead atoms. The zero-order chi connectivity index (χ0) is 10.4. The summed E-state index contributed by atoms with van der Waals surface area (Å²) < 4.78 is 3.78. The van der Waals surface area contributed by atoms with Crippen LogP contribution in [0.5, 0.6) is 0 Å². The van der Waals surface area contributed by atoms with Crippen molar-refractivity contribution in [3.8, 4) is 0 Å². The van der Waals surface area contributed by atoms with Gasteiger partial charge in [0.2, 0.25) is 0 Å². The molecule has 1 rings (SSSR count). The van der Waals surface area contributed by atoms with Gasteiger partial charge in [-0.05, 0) is 0 Å². The van der Waals surface area contributed by atoms with Crippen LogP contribution in [0.15, 0.2) is 8.42 Å². The Bertz CT molecular complexity index is 290. The number of hydrogen-bond donors (Lipinski definition) is 2. The van der Waals surface area contributed by atoms with Gasteiger partial charge in [-0.1, -0.05) is 12.2 Å². The fourth-order valence-electron chi connectivity index (χ4n) is 0.762. The third-order valence-electron chi connectivity index (χ3n) is 1.27. The van der Waals surface area contributed by atoms with E-state index < -0.39 is 0 Å². The fourth-order valence-corrected chi connectivity index (χ4v) is 6.60. The van der Waals surface area contributed by atoms with Crippen LogP contribution in [-0.4, -0.2) is 24.6 Å². The Morgan fingerprint density at radius 2 is 1.43 bits per heavy atom. The first kappa shape index (κ1) is 13.0. The summed E-state index contributed by atoms with van der Waals surface area (Å²) in [5, 5.41) is 0. The van der Waals surface area contributed by atoms with Gasteiger partial charge in [0.05, 0.1) is 21.5 Å². The molecule has 0 radical (unpaired) electrons. The van der Waals surface area contributed by atoms with Crippen LogP contribution in [0.3, 0.4) is 0 Å². The third-order valence-corrected chi connectivity index (χ3v) is 7.03. The number of quaternary nitrogens is 2. The lowest BCUT2D eigenvalue weighted by atomic mass is 10.8. The van der Waals surface area contributed by atoms with E-state index in [2.05, 4.69) is 11.5 Å². The van der Waals surface area contributed by atoms with Crippen LogP contribution < -0.4 is 11.5 Å². The van der Waals surface area contributed by atoms with E-state index in [9.17, 15) is 0 Å². The molecule has 0 saturated heterocycles. The van der Waals surface area contributed by atoms with Gasteiger partial charge >= 0.3 is 0 Å². The summed E-state index contributed by atoms with van der Waals surface area (Å²) >= 11 is 12.4. The Balaban J connectivity index is 2.64. The first-order valence-electron chi connectivity index (χ1n) is 4.26. The second-order valence-corrected chi connectivity index (χ2v) is 8.38. The highest BCUT2D eigenvalue weighted by Gasteiger charge is 2.08. The van der Waals surface area contributed by atoms with Crippen molar-refractivity contribution in [1.82, 2.24) is 0 Å². The molecule has 0 aliphatic carbocycles. The summed E-state index contributed by atoms with van der Waals surface area (Å²) in [7, 11) is 0. The van der Waals surface area contributed by atoms with Crippen molar-refractivity contribution in [3.63, 3.8) is 0 Å². The smallest absolute Gasteiger partial charge is 0.145 e. The van der Waals surface area contributed by atoms with Gasteiger partial charge in [-0.2, -0.15) is 0 Å². The molecule has 1 aromatic heterocycles. The van der Waals surface area contributed by atoms with Crippen molar-refractivity contribution in [2.75, 3.05) is 24.6 Å². The van der Waals surface area contributed by atoms with Crippen molar-refractivity contribution in [3.05, 3.63) is 3.14 Å². The lowest BCUT2D eigenvalue weighted by Gasteiger charge is -1.98. The Hall–Kier alpha value is 0.890. The van der Waals surface area contributed by atoms with Crippen LogP contribution in [0.2, 0.25) is 0 Å². The summed E-state index contributed by atoms with van der Waals surface area (Å²) in [6.45, 7) is 1.94. The summed E-state index contributed by atoms with van der Waals surface area (Å²) in [6.07, 6.45) is 0. The maximum Gasteiger partial charge on any atom is 0.145 e. The van der Waals surface area contributed by atoms with Crippen molar-refractivity contribution in [2.24, 2.45) is 0 Å². The van der Waals surface area contributed by atoms with Crippen molar-refractivity contribution < 1.29 is 11.5 Å². The molecular weight excluding hydrogens is 272 g/mol. The highest BCUT2D eigenvalue weighted by molar-refractivity contribution is 8.05. The van der Waals surface area contributed by atoms with Crippen molar-refractivity contribution in [2.45, 2.75) is 8.42 Å². The molecular formula is C7H14N2S5+2. The van der Waals surface area contributed by atoms with E-state index in [1.54, 1.807) is 22.7 Å². The molecule has 0 amide bonds. The zero-order valence-electron chi connectivity index (χ0n) is 7.78. The molecule has 0 aromatic carbocycles. The van der Waals surface area contributed by atoms with Crippen LogP contribution in [0, 0.1) is 3.14 Å². The van der Waals surface area contributed by atoms with E-state index in [1.807, 2.05) is 23.5 Å². The van der Waals surface area contributed by atoms with Crippen molar-refractivity contribution >= 4 is 58.4 Å². The summed E-state index contributed by atoms with van der Waals surface area (Å²) in [5.41, 5.74) is 7.69. The Morgan fingerprint density at radius 1 is 1.00 bits per heavy atom. The molecule has 1 aromatic rings. The van der Waals surface area contributed by atoms with Crippen LogP contribution in [-0.2, 0) is 0 Å². The number of hydrogen-bond acceptors (Lipinski definition) is 5. The van der Waals surface area contributed by atoms with Crippen LogP contribution >= 0.6 is 58.4 Å². The molecule has 1 heterocycles. The van der Waals surface area contributed by atoms with E-state index in [0.29, 0.717) is 0 Å². The minimum atomic E-state index is 0.972. The van der Waals surface area contributed by atoms with Gasteiger partial charge in [0.15, 0.2) is 0 Å². The van der Waals surface area contributed by atoms with Crippen molar-refractivity contribution in [1.29, 1.82) is 0 Å². The van der Waals surface area contributed by atoms with E-state index in [4.69, 9.17) is 12.2 Å². The number of rotatable bonds is 6. The standard InChI is InChI=1S/C7H12N2S5/c8-1-3-11-5-6(12-4-2-9)14-7(10)13-5/h1-4,8-9H2/p+2. The predicted octanol–water partition coefficient (Wildman–Crippen LogP) is 1.21. The van der Waals surface area contributed by atoms with Gasteiger partial charge in [0.1, 0.15) is 3.14 Å². The molecule has 7 heteroatoms. The third kappa shape index (κ3) is 4.18. The maximum absolute atomic E-state index is 5.20. The molecule has 0 fully saturated rings. The van der Waals surface area contributed by atoms with Gasteiger partial charge in [0.25, 0.3) is 0 Å². The minimum absolute atomic E-state index is 0.972. The monoisotopic (exact) mass is 286 g/mol. The van der Waals surface area contributed by atoms with Gasteiger partial charge in [0, 0.05) is 11.5 Å². The largest absolute Gasteiger partial charge is 0.357 e. The lowest BCUT2D eigenvalue weighted by molar-refractivity contribution is -0.360. The Labute approximate surface area is 105 Å². The highest BCUT2D eigenvalue weighted by Crippen LogP contribution is 2.40. The quantitative estimate of drug-likeness (QED) is 0.610.